The summed E-state index contributed by atoms with van der Waals surface area (Å²) in [5, 5.41) is 10.8. The highest BCUT2D eigenvalue weighted by Gasteiger charge is 2.25. The van der Waals surface area contributed by atoms with E-state index in [-0.39, 0.29) is 0 Å². The number of hydrogen-bond acceptors (Lipinski definition) is 0. The summed E-state index contributed by atoms with van der Waals surface area (Å²) in [6.45, 7) is 0. The Balaban J connectivity index is 1.82. The van der Waals surface area contributed by atoms with E-state index in [1.807, 2.05) is 0 Å². The van der Waals surface area contributed by atoms with E-state index in [9.17, 15) is 0 Å². The van der Waals surface area contributed by atoms with Gasteiger partial charge in [-0.1, -0.05) is 103 Å². The van der Waals surface area contributed by atoms with Crippen LogP contribution in [0.4, 0.5) is 0 Å². The molecule has 2 aliphatic rings. The molecule has 0 amide bonds. The first-order valence-electron chi connectivity index (χ1n) is 10.5. The summed E-state index contributed by atoms with van der Waals surface area (Å²) in [4.78, 5) is 0. The van der Waals surface area contributed by atoms with Crippen LogP contribution < -0.4 is 20.9 Å². The maximum absolute atomic E-state index is 2.42. The average Bonchev–Trinajstić information content (AvgIpc) is 3.35. The van der Waals surface area contributed by atoms with Crippen molar-refractivity contribution in [3.63, 3.8) is 0 Å². The number of hydrogen-bond donors (Lipinski definition) is 0. The number of fused-ring (bicyclic) bond motifs is 8. The molecule has 0 unspecified atom stereocenters. The Morgan fingerprint density at radius 1 is 0.400 bits per heavy atom. The average molecular weight is 378 g/mol. The molecule has 0 nitrogen and oxygen atoms in total. The van der Waals surface area contributed by atoms with Gasteiger partial charge in [0.05, 0.1) is 0 Å². The molecule has 0 bridgehead atoms. The molecular formula is C30H18. The fourth-order valence-electron chi connectivity index (χ4n) is 5.39. The molecule has 0 heteroatoms. The van der Waals surface area contributed by atoms with Crippen LogP contribution in [0.5, 0.6) is 0 Å². The second-order valence-corrected chi connectivity index (χ2v) is 8.10. The molecule has 0 aromatic heterocycles. The molecule has 0 N–H and O–H groups in total. The van der Waals surface area contributed by atoms with E-state index in [2.05, 4.69) is 109 Å². The maximum atomic E-state index is 2.42. The lowest BCUT2D eigenvalue weighted by molar-refractivity contribution is 1.50. The maximum Gasteiger partial charge on any atom is -0.000763 e. The normalized spacial score (nSPS) is 14.1. The lowest BCUT2D eigenvalue weighted by Gasteiger charge is -2.10. The van der Waals surface area contributed by atoms with Gasteiger partial charge in [0.25, 0.3) is 0 Å². The van der Waals surface area contributed by atoms with Gasteiger partial charge < -0.3 is 0 Å². The summed E-state index contributed by atoms with van der Waals surface area (Å²) in [5.74, 6) is 0. The molecular weight excluding hydrogens is 360 g/mol. The minimum atomic E-state index is 1.29. The first kappa shape index (κ1) is 16.0. The van der Waals surface area contributed by atoms with Crippen LogP contribution in [-0.4, -0.2) is 0 Å². The van der Waals surface area contributed by atoms with Gasteiger partial charge in [-0.2, -0.15) is 0 Å². The Morgan fingerprint density at radius 2 is 0.967 bits per heavy atom. The molecule has 0 saturated carbocycles. The van der Waals surface area contributed by atoms with Crippen molar-refractivity contribution < 1.29 is 0 Å². The molecule has 7 rings (SSSR count). The number of rotatable bonds is 1. The summed E-state index contributed by atoms with van der Waals surface area (Å²) in [5.41, 5.74) is 5.39. The van der Waals surface area contributed by atoms with Gasteiger partial charge in [0.2, 0.25) is 0 Å². The minimum absolute atomic E-state index is 1.29. The van der Waals surface area contributed by atoms with Crippen LogP contribution in [0, 0.1) is 0 Å². The van der Waals surface area contributed by atoms with E-state index < -0.39 is 0 Å². The van der Waals surface area contributed by atoms with Gasteiger partial charge in [0, 0.05) is 0 Å². The van der Waals surface area contributed by atoms with Gasteiger partial charge in [-0.25, -0.2) is 0 Å². The summed E-state index contributed by atoms with van der Waals surface area (Å²) in [6.07, 6.45) is 2.42. The highest BCUT2D eigenvalue weighted by atomic mass is 14.3. The highest BCUT2D eigenvalue weighted by Crippen LogP contribution is 2.34. The summed E-state index contributed by atoms with van der Waals surface area (Å²) >= 11 is 0. The zero-order chi connectivity index (χ0) is 19.7. The Morgan fingerprint density at radius 3 is 1.73 bits per heavy atom. The fraction of sp³-hybridized carbons (Fsp3) is 0. The topological polar surface area (TPSA) is 0 Å². The zero-order valence-electron chi connectivity index (χ0n) is 16.4. The second kappa shape index (κ2) is 5.81. The molecule has 5 aromatic carbocycles. The van der Waals surface area contributed by atoms with E-state index in [0.717, 1.165) is 0 Å². The zero-order valence-corrected chi connectivity index (χ0v) is 16.4. The molecule has 0 fully saturated rings. The summed E-state index contributed by atoms with van der Waals surface area (Å²) in [7, 11) is 0. The van der Waals surface area contributed by atoms with Gasteiger partial charge >= 0.3 is 0 Å². The van der Waals surface area contributed by atoms with Crippen LogP contribution >= 0.6 is 0 Å². The van der Waals surface area contributed by atoms with Crippen LogP contribution in [-0.2, 0) is 0 Å². The standard InChI is InChI=1S/C30H18/c1-2-10-19(11-3-1)28-24-16-8-7-15-23(24)27-18-26-22-14-5-4-12-20(22)21-13-6-9-17-25(21)29(26)30(27)28/h1-18H. The Hall–Kier alpha value is -3.90. The second-order valence-electron chi connectivity index (χ2n) is 8.10. The fourth-order valence-corrected chi connectivity index (χ4v) is 5.39. The minimum Gasteiger partial charge on any atom is -0.0622 e. The van der Waals surface area contributed by atoms with Crippen LogP contribution in [0.3, 0.4) is 0 Å². The summed E-state index contributed by atoms with van der Waals surface area (Å²) in [6, 6.07) is 37.4. The van der Waals surface area contributed by atoms with Gasteiger partial charge in [-0.3, -0.25) is 0 Å². The monoisotopic (exact) mass is 378 g/mol. The lowest BCUT2D eigenvalue weighted by Crippen LogP contribution is -2.28. The molecule has 0 spiro atoms. The van der Waals surface area contributed by atoms with Crippen LogP contribution in [0.25, 0.3) is 44.3 Å². The summed E-state index contributed by atoms with van der Waals surface area (Å²) < 4.78 is 0. The number of benzene rings is 5. The third-order valence-electron chi connectivity index (χ3n) is 6.58. The smallest absolute Gasteiger partial charge is 0.000763 e. The predicted molar refractivity (Wildman–Crippen MR) is 127 cm³/mol. The van der Waals surface area contributed by atoms with Crippen molar-refractivity contribution in [2.75, 3.05) is 0 Å². The molecule has 0 saturated heterocycles. The molecule has 5 aromatic rings. The first-order valence-corrected chi connectivity index (χ1v) is 10.5. The van der Waals surface area contributed by atoms with Crippen molar-refractivity contribution in [1.29, 1.82) is 0 Å². The van der Waals surface area contributed by atoms with Crippen LogP contribution in [0.2, 0.25) is 0 Å². The van der Waals surface area contributed by atoms with Gasteiger partial charge in [0.15, 0.2) is 0 Å². The van der Waals surface area contributed by atoms with E-state index in [0.29, 0.717) is 0 Å². The van der Waals surface area contributed by atoms with E-state index in [1.54, 1.807) is 0 Å². The third-order valence-corrected chi connectivity index (χ3v) is 6.58. The van der Waals surface area contributed by atoms with Crippen LogP contribution in [0.15, 0.2) is 103 Å². The predicted octanol–water partition coefficient (Wildman–Crippen LogP) is 4.00. The van der Waals surface area contributed by atoms with Crippen LogP contribution in [0.1, 0.15) is 5.56 Å². The van der Waals surface area contributed by atoms with E-state index in [4.69, 9.17) is 0 Å². The SMILES string of the molecule is C1=c2c(c3ccccc3c3ccccc23)=C2C1=c1ccccc1=C2c1ccccc1. The molecule has 30 heavy (non-hydrogen) atoms. The molecule has 0 radical (unpaired) electrons. The molecule has 138 valence electrons. The van der Waals surface area contributed by atoms with E-state index in [1.165, 1.54) is 64.7 Å². The first-order chi connectivity index (χ1) is 14.9. The Labute approximate surface area is 174 Å². The van der Waals surface area contributed by atoms with Gasteiger partial charge in [-0.15, -0.1) is 0 Å². The Bertz CT molecular complexity index is 1770. The molecule has 0 heterocycles. The molecule has 0 aliphatic heterocycles. The van der Waals surface area contributed by atoms with Crippen molar-refractivity contribution in [2.24, 2.45) is 0 Å². The van der Waals surface area contributed by atoms with Gasteiger partial charge in [-0.05, 0) is 70.8 Å². The lowest BCUT2D eigenvalue weighted by atomic mass is 9.93. The van der Waals surface area contributed by atoms with Crippen molar-refractivity contribution >= 4 is 44.3 Å². The van der Waals surface area contributed by atoms with E-state index >= 15 is 0 Å². The highest BCUT2D eigenvalue weighted by molar-refractivity contribution is 6.28. The largest absolute Gasteiger partial charge is 0.0622 e. The quantitative estimate of drug-likeness (QED) is 0.387. The van der Waals surface area contributed by atoms with Gasteiger partial charge in [0.1, 0.15) is 0 Å². The third kappa shape index (κ3) is 1.96. The molecule has 0 atom stereocenters. The van der Waals surface area contributed by atoms with Crippen molar-refractivity contribution in [3.8, 4) is 0 Å². The van der Waals surface area contributed by atoms with Crippen molar-refractivity contribution in [3.05, 3.63) is 130 Å². The molecule has 2 aliphatic carbocycles. The van der Waals surface area contributed by atoms with Crippen molar-refractivity contribution in [2.45, 2.75) is 0 Å². The Kier molecular flexibility index (Phi) is 3.09. The van der Waals surface area contributed by atoms with Crippen molar-refractivity contribution in [1.82, 2.24) is 0 Å².